The van der Waals surface area contributed by atoms with Crippen LogP contribution in [0.3, 0.4) is 0 Å². The van der Waals surface area contributed by atoms with Crippen LogP contribution in [-0.4, -0.2) is 37.2 Å². The van der Waals surface area contributed by atoms with Crippen molar-refractivity contribution in [1.29, 1.82) is 0 Å². The van der Waals surface area contributed by atoms with Crippen LogP contribution in [0, 0.1) is 0 Å². The lowest BCUT2D eigenvalue weighted by atomic mass is 10.0. The zero-order valence-electron chi connectivity index (χ0n) is 51.4. The maximum atomic E-state index is 12.9. The summed E-state index contributed by atoms with van der Waals surface area (Å²) < 4.78 is 16.8. The summed E-state index contributed by atoms with van der Waals surface area (Å²) in [6, 6.07) is 0. The van der Waals surface area contributed by atoms with E-state index in [1.807, 2.05) is 0 Å². The van der Waals surface area contributed by atoms with E-state index in [0.717, 1.165) is 103 Å². The topological polar surface area (TPSA) is 78.9 Å². The van der Waals surface area contributed by atoms with Crippen LogP contribution >= 0.6 is 0 Å². The van der Waals surface area contributed by atoms with Crippen molar-refractivity contribution in [2.45, 2.75) is 329 Å². The maximum Gasteiger partial charge on any atom is 0.306 e. The normalized spacial score (nSPS) is 12.7. The Morgan fingerprint density at radius 1 is 0.269 bits per heavy atom. The van der Waals surface area contributed by atoms with Crippen molar-refractivity contribution in [1.82, 2.24) is 0 Å². The molecule has 1 unspecified atom stereocenters. The van der Waals surface area contributed by atoms with E-state index < -0.39 is 6.10 Å². The fourth-order valence-electron chi connectivity index (χ4n) is 9.44. The van der Waals surface area contributed by atoms with Gasteiger partial charge in [0.05, 0.1) is 0 Å². The van der Waals surface area contributed by atoms with Gasteiger partial charge in [0.15, 0.2) is 6.10 Å². The number of carbonyl (C=O) groups excluding carboxylic acids is 3. The highest BCUT2D eigenvalue weighted by molar-refractivity contribution is 5.71. The van der Waals surface area contributed by atoms with Crippen LogP contribution in [0.1, 0.15) is 323 Å². The second kappa shape index (κ2) is 65.8. The van der Waals surface area contributed by atoms with Gasteiger partial charge in [-0.3, -0.25) is 14.4 Å². The summed E-state index contributed by atoms with van der Waals surface area (Å²) >= 11 is 0. The summed E-state index contributed by atoms with van der Waals surface area (Å²) in [6.45, 7) is 6.37. The Morgan fingerprint density at radius 3 is 0.821 bits per heavy atom. The Morgan fingerprint density at radius 2 is 0.513 bits per heavy atom. The molecule has 0 aromatic heterocycles. The number of hydrogen-bond donors (Lipinski definition) is 0. The molecular weight excluding hydrogens is 961 g/mol. The Balaban J connectivity index is 4.24. The summed E-state index contributed by atoms with van der Waals surface area (Å²) in [4.78, 5) is 38.2. The fourth-order valence-corrected chi connectivity index (χ4v) is 9.44. The number of carbonyl (C=O) groups is 3. The molecular formula is C72H124O6. The Hall–Kier alpha value is -3.67. The van der Waals surface area contributed by atoms with E-state index in [2.05, 4.69) is 118 Å². The van der Waals surface area contributed by atoms with E-state index in [1.54, 1.807) is 0 Å². The highest BCUT2D eigenvalue weighted by Crippen LogP contribution is 2.18. The second-order valence-electron chi connectivity index (χ2n) is 22.0. The fraction of sp³-hybridized carbons (Fsp3) is 0.736. The van der Waals surface area contributed by atoms with E-state index in [-0.39, 0.29) is 37.5 Å². The molecule has 0 aromatic carbocycles. The van der Waals surface area contributed by atoms with E-state index in [4.69, 9.17) is 14.2 Å². The average Bonchev–Trinajstić information content (AvgIpc) is 3.44. The minimum absolute atomic E-state index is 0.108. The summed E-state index contributed by atoms with van der Waals surface area (Å²) in [6.07, 6.45) is 88.9. The van der Waals surface area contributed by atoms with Gasteiger partial charge in [-0.25, -0.2) is 0 Å². The summed E-state index contributed by atoms with van der Waals surface area (Å²) in [5, 5.41) is 0. The van der Waals surface area contributed by atoms with Crippen LogP contribution in [-0.2, 0) is 28.6 Å². The molecule has 448 valence electrons. The standard InChI is InChI=1S/C72H124O6/c1-4-7-10-13-16-19-22-25-27-29-30-31-32-33-34-35-36-37-38-39-40-41-43-44-47-50-53-56-59-62-65-71(74)77-68-69(67-76-70(73)64-61-58-55-52-49-46-24-21-18-15-12-9-6-3)78-72(75)66-63-60-57-54-51-48-45-42-28-26-23-20-17-14-11-8-5-2/h8-9,11-12,17-18,20-21,26,28,45-46,48-49,54,57,69H,4-7,10,13-16,19,22-25,27,29-44,47,50-53,55-56,58-68H2,1-3H3/b11-8-,12-9-,20-17-,21-18-,28-26-,48-45-,49-46-,57-54-. The van der Waals surface area contributed by atoms with Crippen molar-refractivity contribution in [2.24, 2.45) is 0 Å². The molecule has 6 heteroatoms. The largest absolute Gasteiger partial charge is 0.462 e. The van der Waals surface area contributed by atoms with Gasteiger partial charge in [-0.15, -0.1) is 0 Å². The van der Waals surface area contributed by atoms with Gasteiger partial charge in [0, 0.05) is 19.3 Å². The first-order valence-corrected chi connectivity index (χ1v) is 33.2. The molecule has 0 aliphatic carbocycles. The van der Waals surface area contributed by atoms with Crippen LogP contribution in [0.25, 0.3) is 0 Å². The maximum absolute atomic E-state index is 12.9. The molecule has 0 heterocycles. The third-order valence-electron chi connectivity index (χ3n) is 14.3. The SMILES string of the molecule is CC/C=C\C/C=C\C/C=C\C/C=C\C/C=C\CCCC(=O)OC(COC(=O)CCCCC/C=C\C/C=C\C/C=C\CC)COC(=O)CCCCCCCCCCCCCCCCCCCCCCCCCCCCCCCC. The summed E-state index contributed by atoms with van der Waals surface area (Å²) in [5.74, 6) is -0.989. The molecule has 1 atom stereocenters. The van der Waals surface area contributed by atoms with Crippen molar-refractivity contribution in [2.75, 3.05) is 13.2 Å². The predicted octanol–water partition coefficient (Wildman–Crippen LogP) is 22.8. The molecule has 0 aliphatic heterocycles. The molecule has 0 amide bonds. The first-order valence-electron chi connectivity index (χ1n) is 33.2. The van der Waals surface area contributed by atoms with Gasteiger partial charge >= 0.3 is 17.9 Å². The Bertz CT molecular complexity index is 1530. The van der Waals surface area contributed by atoms with Crippen LogP contribution < -0.4 is 0 Å². The second-order valence-corrected chi connectivity index (χ2v) is 22.0. The smallest absolute Gasteiger partial charge is 0.306 e. The molecule has 0 fully saturated rings. The van der Waals surface area contributed by atoms with Gasteiger partial charge < -0.3 is 14.2 Å². The lowest BCUT2D eigenvalue weighted by molar-refractivity contribution is -0.167. The number of allylic oxidation sites excluding steroid dienone is 16. The molecule has 0 rings (SSSR count). The monoisotopic (exact) mass is 1080 g/mol. The van der Waals surface area contributed by atoms with Crippen molar-refractivity contribution in [3.05, 3.63) is 97.2 Å². The number of ether oxygens (including phenoxy) is 3. The zero-order chi connectivity index (χ0) is 56.4. The molecule has 0 saturated heterocycles. The lowest BCUT2D eigenvalue weighted by Gasteiger charge is -2.18. The quantitative estimate of drug-likeness (QED) is 0.0261. The van der Waals surface area contributed by atoms with Crippen LogP contribution in [0.5, 0.6) is 0 Å². The highest BCUT2D eigenvalue weighted by Gasteiger charge is 2.19. The molecule has 78 heavy (non-hydrogen) atoms. The van der Waals surface area contributed by atoms with E-state index in [9.17, 15) is 14.4 Å². The molecule has 0 N–H and O–H groups in total. The number of unbranched alkanes of at least 4 members (excludes halogenated alkanes) is 33. The minimum atomic E-state index is -0.820. The van der Waals surface area contributed by atoms with Crippen LogP contribution in [0.4, 0.5) is 0 Å². The van der Waals surface area contributed by atoms with Gasteiger partial charge in [0.2, 0.25) is 0 Å². The third-order valence-corrected chi connectivity index (χ3v) is 14.3. The van der Waals surface area contributed by atoms with Gasteiger partial charge in [-0.1, -0.05) is 311 Å². The van der Waals surface area contributed by atoms with Gasteiger partial charge in [0.1, 0.15) is 13.2 Å². The third kappa shape index (κ3) is 63.2. The predicted molar refractivity (Wildman–Crippen MR) is 339 cm³/mol. The van der Waals surface area contributed by atoms with Crippen LogP contribution in [0.2, 0.25) is 0 Å². The molecule has 0 aromatic rings. The van der Waals surface area contributed by atoms with Crippen molar-refractivity contribution >= 4 is 17.9 Å². The first-order chi connectivity index (χ1) is 38.5. The highest BCUT2D eigenvalue weighted by atomic mass is 16.6. The molecule has 0 bridgehead atoms. The van der Waals surface area contributed by atoms with E-state index >= 15 is 0 Å². The number of rotatable bonds is 60. The molecule has 0 spiro atoms. The van der Waals surface area contributed by atoms with E-state index in [1.165, 1.54) is 173 Å². The molecule has 6 nitrogen and oxygen atoms in total. The number of esters is 3. The molecule has 0 saturated carbocycles. The van der Waals surface area contributed by atoms with Gasteiger partial charge in [-0.2, -0.15) is 0 Å². The Kier molecular flexibility index (Phi) is 62.7. The van der Waals surface area contributed by atoms with Crippen molar-refractivity contribution in [3.63, 3.8) is 0 Å². The first kappa shape index (κ1) is 74.3. The van der Waals surface area contributed by atoms with Crippen molar-refractivity contribution in [3.8, 4) is 0 Å². The molecule has 0 aliphatic rings. The van der Waals surface area contributed by atoms with E-state index in [0.29, 0.717) is 19.3 Å². The zero-order valence-corrected chi connectivity index (χ0v) is 51.4. The van der Waals surface area contributed by atoms with Crippen LogP contribution in [0.15, 0.2) is 97.2 Å². The van der Waals surface area contributed by atoms with Gasteiger partial charge in [0.25, 0.3) is 0 Å². The minimum Gasteiger partial charge on any atom is -0.462 e. The Labute approximate surface area is 483 Å². The summed E-state index contributed by atoms with van der Waals surface area (Å²) in [5.41, 5.74) is 0. The number of hydrogen-bond acceptors (Lipinski definition) is 6. The lowest BCUT2D eigenvalue weighted by Crippen LogP contribution is -2.30. The van der Waals surface area contributed by atoms with Crippen molar-refractivity contribution < 1.29 is 28.6 Å². The average molecular weight is 1090 g/mol. The van der Waals surface area contributed by atoms with Gasteiger partial charge in [-0.05, 0) is 89.9 Å². The summed E-state index contributed by atoms with van der Waals surface area (Å²) in [7, 11) is 0. The molecule has 0 radical (unpaired) electrons.